The van der Waals surface area contributed by atoms with Gasteiger partial charge < -0.3 is 19.8 Å². The molecular formula is C21H20N8O3. The van der Waals surface area contributed by atoms with Crippen molar-refractivity contribution < 1.29 is 14.4 Å². The first kappa shape index (κ1) is 19.8. The Kier molecular flexibility index (Phi) is 4.67. The predicted octanol–water partition coefficient (Wildman–Crippen LogP) is 1.72. The Morgan fingerprint density at radius 1 is 1.16 bits per heavy atom. The van der Waals surface area contributed by atoms with E-state index in [1.54, 1.807) is 42.3 Å². The van der Waals surface area contributed by atoms with E-state index in [1.807, 2.05) is 25.4 Å². The maximum Gasteiger partial charge on any atom is 0.260 e. The lowest BCUT2D eigenvalue weighted by Gasteiger charge is -2.16. The van der Waals surface area contributed by atoms with E-state index in [4.69, 9.17) is 4.52 Å². The Labute approximate surface area is 182 Å². The highest BCUT2D eigenvalue weighted by atomic mass is 16.5. The van der Waals surface area contributed by atoms with E-state index in [-0.39, 0.29) is 12.1 Å². The number of aliphatic hydroxyl groups is 1. The average molecular weight is 432 g/mol. The van der Waals surface area contributed by atoms with Crippen molar-refractivity contribution in [3.8, 4) is 22.8 Å². The largest absolute Gasteiger partial charge is 0.374 e. The van der Waals surface area contributed by atoms with E-state index in [0.717, 1.165) is 5.69 Å². The highest BCUT2D eigenvalue weighted by Gasteiger charge is 2.47. The number of carbonyl (C=O) groups is 1. The third kappa shape index (κ3) is 3.48. The fourth-order valence-electron chi connectivity index (χ4n) is 3.57. The molecule has 1 aliphatic heterocycles. The van der Waals surface area contributed by atoms with Crippen LogP contribution in [0.1, 0.15) is 12.1 Å². The molecule has 1 aliphatic rings. The number of amides is 1. The molecule has 0 saturated carbocycles. The summed E-state index contributed by atoms with van der Waals surface area (Å²) in [5.41, 5.74) is 0.994. The minimum Gasteiger partial charge on any atom is -0.374 e. The number of hydrogen-bond acceptors (Lipinski definition) is 9. The maximum absolute atomic E-state index is 12.3. The fraction of sp³-hybridized carbons (Fsp3) is 0.238. The second-order valence-corrected chi connectivity index (χ2v) is 7.61. The molecule has 11 heteroatoms. The van der Waals surface area contributed by atoms with Crippen molar-refractivity contribution in [1.29, 1.82) is 0 Å². The van der Waals surface area contributed by atoms with Crippen molar-refractivity contribution in [2.24, 2.45) is 7.05 Å². The molecule has 0 spiro atoms. The summed E-state index contributed by atoms with van der Waals surface area (Å²) in [6.45, 7) is 0.453. The molecule has 5 rings (SSSR count). The molecule has 4 aromatic rings. The normalized spacial score (nSPS) is 18.3. The Balaban J connectivity index is 1.42. The van der Waals surface area contributed by atoms with Gasteiger partial charge in [-0.1, -0.05) is 11.2 Å². The van der Waals surface area contributed by atoms with Crippen molar-refractivity contribution in [2.75, 3.05) is 18.9 Å². The van der Waals surface area contributed by atoms with Gasteiger partial charge in [0.25, 0.3) is 5.91 Å². The van der Waals surface area contributed by atoms with Gasteiger partial charge in [0, 0.05) is 45.5 Å². The molecule has 1 unspecified atom stereocenters. The van der Waals surface area contributed by atoms with Gasteiger partial charge in [-0.25, -0.2) is 15.0 Å². The number of likely N-dealkylation sites (tertiary alicyclic amines) is 1. The van der Waals surface area contributed by atoms with Crippen molar-refractivity contribution in [3.05, 3.63) is 54.6 Å². The molecule has 1 fully saturated rings. The number of aryl methyl sites for hydroxylation is 1. The summed E-state index contributed by atoms with van der Waals surface area (Å²) in [5.74, 6) is 0.366. The van der Waals surface area contributed by atoms with E-state index in [2.05, 4.69) is 30.5 Å². The average Bonchev–Trinajstić information content (AvgIpc) is 3.52. The lowest BCUT2D eigenvalue weighted by molar-refractivity contribution is -0.143. The Morgan fingerprint density at radius 3 is 2.72 bits per heavy atom. The van der Waals surface area contributed by atoms with Gasteiger partial charge in [0.15, 0.2) is 11.4 Å². The van der Waals surface area contributed by atoms with Gasteiger partial charge in [-0.05, 0) is 18.2 Å². The van der Waals surface area contributed by atoms with Gasteiger partial charge in [-0.2, -0.15) is 5.10 Å². The zero-order valence-electron chi connectivity index (χ0n) is 17.4. The summed E-state index contributed by atoms with van der Waals surface area (Å²) in [5, 5.41) is 21.9. The van der Waals surface area contributed by atoms with Gasteiger partial charge in [0.2, 0.25) is 5.95 Å². The summed E-state index contributed by atoms with van der Waals surface area (Å²) in [7, 11) is 3.47. The molecule has 4 aromatic heterocycles. The second kappa shape index (κ2) is 7.54. The van der Waals surface area contributed by atoms with Crippen molar-refractivity contribution in [3.63, 3.8) is 0 Å². The van der Waals surface area contributed by atoms with Crippen molar-refractivity contribution in [2.45, 2.75) is 12.0 Å². The number of rotatable bonds is 5. The molecule has 1 amide bonds. The van der Waals surface area contributed by atoms with Crippen LogP contribution in [0.15, 0.2) is 53.4 Å². The maximum atomic E-state index is 12.3. The first-order chi connectivity index (χ1) is 15.4. The number of nitrogens with zero attached hydrogens (tertiary/aromatic N) is 7. The van der Waals surface area contributed by atoms with Gasteiger partial charge in [0.05, 0.1) is 23.3 Å². The van der Waals surface area contributed by atoms with E-state index in [9.17, 15) is 9.90 Å². The van der Waals surface area contributed by atoms with Crippen LogP contribution in [-0.4, -0.2) is 59.4 Å². The SMILES string of the molecule is CN1CCC(O)(c2cc(-c3cccc(-c4ccnc(Nc5cnn(C)c5)n4)n3)on2)C1=O. The van der Waals surface area contributed by atoms with E-state index < -0.39 is 11.5 Å². The summed E-state index contributed by atoms with van der Waals surface area (Å²) in [6.07, 6.45) is 5.39. The van der Waals surface area contributed by atoms with Gasteiger partial charge >= 0.3 is 0 Å². The van der Waals surface area contributed by atoms with Gasteiger partial charge in [0.1, 0.15) is 11.4 Å². The minimum absolute atomic E-state index is 0.180. The monoisotopic (exact) mass is 432 g/mol. The molecule has 1 saturated heterocycles. The molecule has 11 nitrogen and oxygen atoms in total. The molecule has 162 valence electrons. The number of anilines is 2. The van der Waals surface area contributed by atoms with Crippen LogP contribution in [0.2, 0.25) is 0 Å². The molecule has 1 atom stereocenters. The van der Waals surface area contributed by atoms with Gasteiger partial charge in [-0.3, -0.25) is 9.48 Å². The van der Waals surface area contributed by atoms with Crippen LogP contribution in [0.25, 0.3) is 22.8 Å². The molecule has 0 bridgehead atoms. The predicted molar refractivity (Wildman–Crippen MR) is 113 cm³/mol. The van der Waals surface area contributed by atoms with Crippen LogP contribution in [0.3, 0.4) is 0 Å². The number of pyridine rings is 1. The van der Waals surface area contributed by atoms with Crippen LogP contribution >= 0.6 is 0 Å². The smallest absolute Gasteiger partial charge is 0.260 e. The highest BCUT2D eigenvalue weighted by Crippen LogP contribution is 2.34. The first-order valence-corrected chi connectivity index (χ1v) is 9.94. The number of hydrogen-bond donors (Lipinski definition) is 2. The fourth-order valence-corrected chi connectivity index (χ4v) is 3.57. The molecule has 2 N–H and O–H groups in total. The Bertz CT molecular complexity index is 1300. The van der Waals surface area contributed by atoms with Crippen LogP contribution in [-0.2, 0) is 17.4 Å². The van der Waals surface area contributed by atoms with Crippen LogP contribution in [0.5, 0.6) is 0 Å². The number of likely N-dealkylation sites (N-methyl/N-ethyl adjacent to an activating group) is 1. The molecule has 32 heavy (non-hydrogen) atoms. The molecule has 0 radical (unpaired) electrons. The summed E-state index contributed by atoms with van der Waals surface area (Å²) in [6, 6.07) is 8.70. The van der Waals surface area contributed by atoms with Crippen LogP contribution in [0.4, 0.5) is 11.6 Å². The Hall–Kier alpha value is -4.12. The van der Waals surface area contributed by atoms with E-state index in [0.29, 0.717) is 35.3 Å². The van der Waals surface area contributed by atoms with E-state index >= 15 is 0 Å². The standard InChI is InChI=1S/C21H20N8O3/c1-28-9-7-21(31,19(28)30)18-10-17(32-27-18)16-5-3-4-14(25-16)15-6-8-22-20(26-15)24-13-11-23-29(2)12-13/h3-6,8,10-12,31H,7,9H2,1-2H3,(H,22,24,26). The second-order valence-electron chi connectivity index (χ2n) is 7.61. The zero-order chi connectivity index (χ0) is 22.3. The molecule has 0 aliphatic carbocycles. The lowest BCUT2D eigenvalue weighted by atomic mass is 9.97. The Morgan fingerprint density at radius 2 is 1.97 bits per heavy atom. The number of nitrogens with one attached hydrogen (secondary N) is 1. The lowest BCUT2D eigenvalue weighted by Crippen LogP contribution is -2.36. The summed E-state index contributed by atoms with van der Waals surface area (Å²) < 4.78 is 7.09. The molecule has 5 heterocycles. The first-order valence-electron chi connectivity index (χ1n) is 9.94. The van der Waals surface area contributed by atoms with Crippen molar-refractivity contribution >= 4 is 17.5 Å². The topological polar surface area (TPSA) is 135 Å². The number of carbonyl (C=O) groups excluding carboxylic acids is 1. The van der Waals surface area contributed by atoms with Crippen LogP contribution < -0.4 is 5.32 Å². The molecular weight excluding hydrogens is 412 g/mol. The third-order valence-electron chi connectivity index (χ3n) is 5.32. The molecule has 0 aromatic carbocycles. The number of aromatic nitrogens is 6. The summed E-state index contributed by atoms with van der Waals surface area (Å²) in [4.78, 5) is 27.2. The highest BCUT2D eigenvalue weighted by molar-refractivity contribution is 5.88. The minimum atomic E-state index is -1.67. The van der Waals surface area contributed by atoms with E-state index in [1.165, 1.54) is 4.90 Å². The van der Waals surface area contributed by atoms with Gasteiger partial charge in [-0.15, -0.1) is 0 Å². The quantitative estimate of drug-likeness (QED) is 0.483. The summed E-state index contributed by atoms with van der Waals surface area (Å²) >= 11 is 0. The van der Waals surface area contributed by atoms with Crippen LogP contribution in [0, 0.1) is 0 Å². The third-order valence-corrected chi connectivity index (χ3v) is 5.32. The zero-order valence-corrected chi connectivity index (χ0v) is 17.4. The van der Waals surface area contributed by atoms with Crippen molar-refractivity contribution in [1.82, 2.24) is 34.8 Å².